The fourth-order valence-corrected chi connectivity index (χ4v) is 3.51. The number of nitrogens with two attached hydrogens (primary N) is 1. The van der Waals surface area contributed by atoms with Gasteiger partial charge in [-0.15, -0.1) is 0 Å². The predicted molar refractivity (Wildman–Crippen MR) is 79.4 cm³/mol. The summed E-state index contributed by atoms with van der Waals surface area (Å²) in [7, 11) is 0. The second-order valence-corrected chi connectivity index (χ2v) is 6.62. The van der Waals surface area contributed by atoms with Gasteiger partial charge in [0.15, 0.2) is 0 Å². The molecule has 1 aliphatic rings. The van der Waals surface area contributed by atoms with Crippen LogP contribution in [-0.2, 0) is 11.1 Å². The topological polar surface area (TPSA) is 26.0 Å². The van der Waals surface area contributed by atoms with E-state index in [0.29, 0.717) is 17.1 Å². The molecule has 0 radical (unpaired) electrons. The molecule has 1 aromatic carbocycles. The van der Waals surface area contributed by atoms with Crippen LogP contribution in [0.1, 0.15) is 57.1 Å². The molecular formula is C16H23ClFN. The van der Waals surface area contributed by atoms with E-state index in [1.54, 1.807) is 19.9 Å². The van der Waals surface area contributed by atoms with E-state index in [9.17, 15) is 4.39 Å². The maximum Gasteiger partial charge on any atom is 0.130 e. The van der Waals surface area contributed by atoms with Gasteiger partial charge >= 0.3 is 0 Å². The molecule has 0 heterocycles. The molecule has 0 bridgehead atoms. The molecule has 106 valence electrons. The third kappa shape index (κ3) is 2.95. The average molecular weight is 284 g/mol. The Bertz CT molecular complexity index is 445. The van der Waals surface area contributed by atoms with Crippen LogP contribution in [0.4, 0.5) is 4.39 Å². The lowest BCUT2D eigenvalue weighted by Gasteiger charge is -2.37. The third-order valence-electron chi connectivity index (χ3n) is 4.43. The number of hydrogen-bond acceptors (Lipinski definition) is 1. The van der Waals surface area contributed by atoms with Crippen molar-refractivity contribution in [3.63, 3.8) is 0 Å². The fourth-order valence-electron chi connectivity index (χ4n) is 3.13. The summed E-state index contributed by atoms with van der Waals surface area (Å²) in [6.45, 7) is 3.72. The van der Waals surface area contributed by atoms with Crippen molar-refractivity contribution in [3.05, 3.63) is 34.3 Å². The zero-order valence-electron chi connectivity index (χ0n) is 11.8. The largest absolute Gasteiger partial charge is 0.330 e. The Morgan fingerprint density at radius 3 is 2.37 bits per heavy atom. The zero-order valence-corrected chi connectivity index (χ0v) is 12.6. The maximum atomic E-state index is 14.0. The van der Waals surface area contributed by atoms with E-state index >= 15 is 0 Å². The number of alkyl halides is 1. The molecule has 1 aromatic rings. The quantitative estimate of drug-likeness (QED) is 0.854. The van der Waals surface area contributed by atoms with Gasteiger partial charge in [0.1, 0.15) is 5.67 Å². The summed E-state index contributed by atoms with van der Waals surface area (Å²) in [6.07, 6.45) is 5.84. The van der Waals surface area contributed by atoms with Gasteiger partial charge in [-0.1, -0.05) is 43.0 Å². The van der Waals surface area contributed by atoms with E-state index in [4.69, 9.17) is 17.3 Å². The third-order valence-corrected chi connectivity index (χ3v) is 4.74. The van der Waals surface area contributed by atoms with Gasteiger partial charge in [0.25, 0.3) is 0 Å². The lowest BCUT2D eigenvalue weighted by molar-refractivity contribution is 0.221. The highest BCUT2D eigenvalue weighted by atomic mass is 35.5. The smallest absolute Gasteiger partial charge is 0.130 e. The van der Waals surface area contributed by atoms with E-state index in [1.165, 1.54) is 19.3 Å². The molecule has 0 aromatic heterocycles. The van der Waals surface area contributed by atoms with Gasteiger partial charge < -0.3 is 5.73 Å². The molecule has 1 saturated carbocycles. The van der Waals surface area contributed by atoms with Crippen molar-refractivity contribution in [1.82, 2.24) is 0 Å². The van der Waals surface area contributed by atoms with E-state index in [-0.39, 0.29) is 5.41 Å². The molecular weight excluding hydrogens is 261 g/mol. The molecule has 1 nitrogen and oxygen atoms in total. The van der Waals surface area contributed by atoms with E-state index < -0.39 is 5.67 Å². The van der Waals surface area contributed by atoms with Crippen LogP contribution in [0.15, 0.2) is 18.2 Å². The van der Waals surface area contributed by atoms with Gasteiger partial charge in [0.05, 0.1) is 0 Å². The van der Waals surface area contributed by atoms with Crippen LogP contribution < -0.4 is 5.73 Å². The van der Waals surface area contributed by atoms with Crippen molar-refractivity contribution in [2.75, 3.05) is 6.54 Å². The molecule has 0 unspecified atom stereocenters. The summed E-state index contributed by atoms with van der Waals surface area (Å²) in [4.78, 5) is 0. The lowest BCUT2D eigenvalue weighted by Crippen LogP contribution is -2.37. The molecule has 0 aliphatic heterocycles. The van der Waals surface area contributed by atoms with Gasteiger partial charge in [-0.25, -0.2) is 4.39 Å². The second kappa shape index (κ2) is 5.41. The minimum atomic E-state index is -1.36. The molecule has 3 heteroatoms. The number of hydrogen-bond donors (Lipinski definition) is 1. The molecule has 2 rings (SSSR count). The SMILES string of the molecule is CC(C)(F)c1ccc(C2(CN)CCCCC2)c(Cl)c1. The molecule has 0 atom stereocenters. The maximum absolute atomic E-state index is 14.0. The minimum Gasteiger partial charge on any atom is -0.330 e. The highest BCUT2D eigenvalue weighted by Crippen LogP contribution is 2.42. The van der Waals surface area contributed by atoms with Crippen LogP contribution in [0.25, 0.3) is 0 Å². The van der Waals surface area contributed by atoms with Gasteiger partial charge in [0, 0.05) is 17.0 Å². The normalized spacial score (nSPS) is 19.4. The molecule has 1 aliphatic carbocycles. The summed E-state index contributed by atoms with van der Waals surface area (Å²) < 4.78 is 14.0. The Kier molecular flexibility index (Phi) is 4.22. The highest BCUT2D eigenvalue weighted by molar-refractivity contribution is 6.31. The number of halogens is 2. The second-order valence-electron chi connectivity index (χ2n) is 6.21. The summed E-state index contributed by atoms with van der Waals surface area (Å²) in [5.74, 6) is 0. The first-order chi connectivity index (χ1) is 8.89. The van der Waals surface area contributed by atoms with Crippen molar-refractivity contribution in [1.29, 1.82) is 0 Å². The van der Waals surface area contributed by atoms with Crippen LogP contribution in [0, 0.1) is 0 Å². The van der Waals surface area contributed by atoms with E-state index in [1.807, 2.05) is 12.1 Å². The zero-order chi connectivity index (χ0) is 14.1. The molecule has 1 fully saturated rings. The van der Waals surface area contributed by atoms with Gasteiger partial charge in [0.2, 0.25) is 0 Å². The Morgan fingerprint density at radius 1 is 1.26 bits per heavy atom. The van der Waals surface area contributed by atoms with E-state index in [0.717, 1.165) is 18.4 Å². The summed E-state index contributed by atoms with van der Waals surface area (Å²) in [5.41, 5.74) is 6.40. The first-order valence-corrected chi connectivity index (χ1v) is 7.46. The highest BCUT2D eigenvalue weighted by Gasteiger charge is 2.34. The Hall–Kier alpha value is -0.600. The summed E-state index contributed by atoms with van der Waals surface area (Å²) in [5, 5.41) is 0.663. The Morgan fingerprint density at radius 2 is 1.89 bits per heavy atom. The van der Waals surface area contributed by atoms with Crippen molar-refractivity contribution in [3.8, 4) is 0 Å². The van der Waals surface area contributed by atoms with Crippen LogP contribution >= 0.6 is 11.6 Å². The monoisotopic (exact) mass is 283 g/mol. The predicted octanol–water partition coefficient (Wildman–Crippen LogP) is 4.71. The molecule has 19 heavy (non-hydrogen) atoms. The van der Waals surface area contributed by atoms with Gasteiger partial charge in [-0.2, -0.15) is 0 Å². The van der Waals surface area contributed by atoms with Crippen molar-refractivity contribution in [2.24, 2.45) is 5.73 Å². The standard InChI is InChI=1S/C16H23ClFN/c1-15(2,18)12-6-7-13(14(17)10-12)16(11-19)8-4-3-5-9-16/h6-7,10H,3-5,8-9,11,19H2,1-2H3. The van der Waals surface area contributed by atoms with Crippen LogP contribution in [0.3, 0.4) is 0 Å². The Balaban J connectivity index is 2.39. The van der Waals surface area contributed by atoms with Crippen LogP contribution in [-0.4, -0.2) is 6.54 Å². The lowest BCUT2D eigenvalue weighted by atomic mass is 9.69. The van der Waals surface area contributed by atoms with Crippen LogP contribution in [0.5, 0.6) is 0 Å². The van der Waals surface area contributed by atoms with Crippen molar-refractivity contribution < 1.29 is 4.39 Å². The summed E-state index contributed by atoms with van der Waals surface area (Å²) in [6, 6.07) is 5.60. The van der Waals surface area contributed by atoms with E-state index in [2.05, 4.69) is 0 Å². The van der Waals surface area contributed by atoms with Gasteiger partial charge in [-0.05, 0) is 43.9 Å². The first-order valence-electron chi connectivity index (χ1n) is 7.08. The summed E-state index contributed by atoms with van der Waals surface area (Å²) >= 11 is 6.41. The molecule has 0 saturated heterocycles. The van der Waals surface area contributed by atoms with Gasteiger partial charge in [-0.3, -0.25) is 0 Å². The van der Waals surface area contributed by atoms with Crippen molar-refractivity contribution >= 4 is 11.6 Å². The first kappa shape index (κ1) is 14.8. The number of benzene rings is 1. The fraction of sp³-hybridized carbons (Fsp3) is 0.625. The molecule has 2 N–H and O–H groups in total. The molecule has 0 amide bonds. The molecule has 0 spiro atoms. The number of rotatable bonds is 3. The Labute approximate surface area is 120 Å². The van der Waals surface area contributed by atoms with Crippen LogP contribution in [0.2, 0.25) is 5.02 Å². The van der Waals surface area contributed by atoms with Crippen molar-refractivity contribution in [2.45, 2.75) is 57.0 Å². The minimum absolute atomic E-state index is 0.00564. The average Bonchev–Trinajstić information content (AvgIpc) is 2.38.